The predicted octanol–water partition coefficient (Wildman–Crippen LogP) is 4.60. The second-order valence-electron chi connectivity index (χ2n) is 6.84. The molecule has 0 bridgehead atoms. The Hall–Kier alpha value is -2.02. The monoisotopic (exact) mass is 391 g/mol. The van der Waals surface area contributed by atoms with Crippen LogP contribution in [0.25, 0.3) is 16.9 Å². The molecule has 7 heteroatoms. The second-order valence-corrected chi connectivity index (χ2v) is 7.27. The number of imidazole rings is 1. The number of fused-ring (bicyclic) bond motifs is 1. The summed E-state index contributed by atoms with van der Waals surface area (Å²) in [6.07, 6.45) is 1.50. The van der Waals surface area contributed by atoms with Crippen LogP contribution in [0.15, 0.2) is 42.6 Å². The Kier molecular flexibility index (Phi) is 4.88. The maximum absolute atomic E-state index is 13.9. The van der Waals surface area contributed by atoms with E-state index in [0.717, 1.165) is 37.0 Å². The van der Waals surface area contributed by atoms with Crippen molar-refractivity contribution >= 4 is 17.2 Å². The van der Waals surface area contributed by atoms with Crippen molar-refractivity contribution in [3.63, 3.8) is 0 Å². The molecular weight excluding hydrogens is 372 g/mol. The van der Waals surface area contributed by atoms with E-state index in [1.807, 2.05) is 24.3 Å². The van der Waals surface area contributed by atoms with Crippen LogP contribution in [-0.2, 0) is 17.2 Å². The van der Waals surface area contributed by atoms with E-state index in [1.165, 1.54) is 12.3 Å². The molecule has 3 heterocycles. The normalized spacial score (nSPS) is 16.1. The molecule has 0 N–H and O–H groups in total. The number of nitrogens with zero attached hydrogens (tertiary/aromatic N) is 3. The third-order valence-corrected chi connectivity index (χ3v) is 5.07. The highest BCUT2D eigenvalue weighted by Gasteiger charge is 2.26. The van der Waals surface area contributed by atoms with E-state index in [2.05, 4.69) is 4.90 Å². The van der Waals surface area contributed by atoms with Gasteiger partial charge in [-0.25, -0.2) is 13.8 Å². The van der Waals surface area contributed by atoms with Crippen molar-refractivity contribution in [3.05, 3.63) is 58.9 Å². The van der Waals surface area contributed by atoms with Gasteiger partial charge in [-0.3, -0.25) is 4.90 Å². The van der Waals surface area contributed by atoms with Crippen LogP contribution in [0.1, 0.15) is 18.2 Å². The van der Waals surface area contributed by atoms with E-state index >= 15 is 0 Å². The van der Waals surface area contributed by atoms with Crippen LogP contribution in [0.4, 0.5) is 8.78 Å². The van der Waals surface area contributed by atoms with Crippen LogP contribution in [0, 0.1) is 0 Å². The standard InChI is InChI=1S/C20H20ClF2N3O/c1-20(22,23)15-4-7-18-24-19(14-2-5-16(21)6-3-14)17(26(18)12-15)13-25-8-10-27-11-9-25/h2-7,12H,8-11,13H2,1H3. The molecule has 0 aliphatic carbocycles. The molecule has 0 saturated carbocycles. The lowest BCUT2D eigenvalue weighted by Crippen LogP contribution is -2.36. The zero-order chi connectivity index (χ0) is 19.0. The van der Waals surface area contributed by atoms with Gasteiger partial charge in [0.05, 0.1) is 24.6 Å². The quantitative estimate of drug-likeness (QED) is 0.651. The fourth-order valence-corrected chi connectivity index (χ4v) is 3.44. The number of halogens is 3. The number of benzene rings is 1. The summed E-state index contributed by atoms with van der Waals surface area (Å²) in [5, 5.41) is 0.644. The molecule has 0 radical (unpaired) electrons. The highest BCUT2D eigenvalue weighted by Crippen LogP contribution is 2.31. The molecule has 1 fully saturated rings. The molecular formula is C20H20ClF2N3O. The van der Waals surface area contributed by atoms with Crippen molar-refractivity contribution in [1.29, 1.82) is 0 Å². The Morgan fingerprint density at radius 2 is 1.81 bits per heavy atom. The largest absolute Gasteiger partial charge is 0.379 e. The predicted molar refractivity (Wildman–Crippen MR) is 101 cm³/mol. The van der Waals surface area contributed by atoms with Crippen LogP contribution in [0.5, 0.6) is 0 Å². The summed E-state index contributed by atoms with van der Waals surface area (Å²) in [5.74, 6) is -2.91. The molecule has 2 aromatic heterocycles. The summed E-state index contributed by atoms with van der Waals surface area (Å²) < 4.78 is 34.9. The number of aromatic nitrogens is 2. The molecule has 27 heavy (non-hydrogen) atoms. The summed E-state index contributed by atoms with van der Waals surface area (Å²) in [6.45, 7) is 4.47. The number of morpholine rings is 1. The third-order valence-electron chi connectivity index (χ3n) is 4.82. The van der Waals surface area contributed by atoms with Gasteiger partial charge >= 0.3 is 0 Å². The minimum atomic E-state index is -2.91. The summed E-state index contributed by atoms with van der Waals surface area (Å²) in [5.41, 5.74) is 3.21. The lowest BCUT2D eigenvalue weighted by atomic mass is 10.1. The molecule has 3 aromatic rings. The molecule has 0 unspecified atom stereocenters. The van der Waals surface area contributed by atoms with Crippen LogP contribution in [0.3, 0.4) is 0 Å². The van der Waals surface area contributed by atoms with Crippen molar-refractivity contribution in [2.75, 3.05) is 26.3 Å². The van der Waals surface area contributed by atoms with E-state index in [0.29, 0.717) is 30.4 Å². The van der Waals surface area contributed by atoms with E-state index < -0.39 is 5.92 Å². The van der Waals surface area contributed by atoms with Gasteiger partial charge in [0.1, 0.15) is 5.65 Å². The van der Waals surface area contributed by atoms with Gasteiger partial charge in [-0.2, -0.15) is 0 Å². The van der Waals surface area contributed by atoms with Crippen LogP contribution < -0.4 is 0 Å². The average Bonchev–Trinajstić information content (AvgIpc) is 3.00. The minimum Gasteiger partial charge on any atom is -0.379 e. The number of alkyl halides is 2. The molecule has 4 rings (SSSR count). The lowest BCUT2D eigenvalue weighted by molar-refractivity contribution is 0.0170. The van der Waals surface area contributed by atoms with Gasteiger partial charge in [-0.05, 0) is 24.3 Å². The van der Waals surface area contributed by atoms with Crippen molar-refractivity contribution in [2.24, 2.45) is 0 Å². The van der Waals surface area contributed by atoms with Gasteiger partial charge < -0.3 is 9.14 Å². The van der Waals surface area contributed by atoms with E-state index in [9.17, 15) is 8.78 Å². The molecule has 142 valence electrons. The Labute approximate surface area is 161 Å². The highest BCUT2D eigenvalue weighted by atomic mass is 35.5. The van der Waals surface area contributed by atoms with Gasteiger partial charge in [0.25, 0.3) is 5.92 Å². The first kappa shape index (κ1) is 18.3. The van der Waals surface area contributed by atoms with Crippen molar-refractivity contribution in [1.82, 2.24) is 14.3 Å². The van der Waals surface area contributed by atoms with Crippen molar-refractivity contribution in [3.8, 4) is 11.3 Å². The van der Waals surface area contributed by atoms with E-state index in [4.69, 9.17) is 21.3 Å². The fourth-order valence-electron chi connectivity index (χ4n) is 3.31. The maximum Gasteiger partial charge on any atom is 0.271 e. The SMILES string of the molecule is CC(F)(F)c1ccc2nc(-c3ccc(Cl)cc3)c(CN3CCOCC3)n2c1. The number of hydrogen-bond acceptors (Lipinski definition) is 3. The first-order valence-corrected chi connectivity index (χ1v) is 9.25. The molecule has 1 saturated heterocycles. The molecule has 1 aromatic carbocycles. The Bertz CT molecular complexity index is 944. The molecule has 0 amide bonds. The highest BCUT2D eigenvalue weighted by molar-refractivity contribution is 6.30. The number of pyridine rings is 1. The summed E-state index contributed by atoms with van der Waals surface area (Å²) in [7, 11) is 0. The third kappa shape index (κ3) is 3.83. The number of rotatable bonds is 4. The Balaban J connectivity index is 1.84. The van der Waals surface area contributed by atoms with Gasteiger partial charge in [0, 0.05) is 48.9 Å². The van der Waals surface area contributed by atoms with Gasteiger partial charge in [-0.15, -0.1) is 0 Å². The van der Waals surface area contributed by atoms with Crippen LogP contribution in [0.2, 0.25) is 5.02 Å². The topological polar surface area (TPSA) is 29.8 Å². The Morgan fingerprint density at radius 3 is 2.48 bits per heavy atom. The first-order chi connectivity index (χ1) is 12.9. The fraction of sp³-hybridized carbons (Fsp3) is 0.350. The zero-order valence-corrected chi connectivity index (χ0v) is 15.7. The number of hydrogen-bond donors (Lipinski definition) is 0. The van der Waals surface area contributed by atoms with E-state index in [1.54, 1.807) is 10.5 Å². The van der Waals surface area contributed by atoms with Gasteiger partial charge in [-0.1, -0.05) is 23.7 Å². The summed E-state index contributed by atoms with van der Waals surface area (Å²) in [4.78, 5) is 6.97. The molecule has 0 atom stereocenters. The minimum absolute atomic E-state index is 0.0294. The zero-order valence-electron chi connectivity index (χ0n) is 15.0. The molecule has 0 spiro atoms. The summed E-state index contributed by atoms with van der Waals surface area (Å²) >= 11 is 6.01. The second kappa shape index (κ2) is 7.19. The average molecular weight is 392 g/mol. The smallest absolute Gasteiger partial charge is 0.271 e. The van der Waals surface area contributed by atoms with Crippen molar-refractivity contribution in [2.45, 2.75) is 19.4 Å². The van der Waals surface area contributed by atoms with Crippen LogP contribution >= 0.6 is 11.6 Å². The van der Waals surface area contributed by atoms with E-state index in [-0.39, 0.29) is 5.56 Å². The Morgan fingerprint density at radius 1 is 1.11 bits per heavy atom. The molecule has 1 aliphatic heterocycles. The lowest BCUT2D eigenvalue weighted by Gasteiger charge is -2.26. The maximum atomic E-state index is 13.9. The van der Waals surface area contributed by atoms with Crippen molar-refractivity contribution < 1.29 is 13.5 Å². The first-order valence-electron chi connectivity index (χ1n) is 8.87. The van der Waals surface area contributed by atoms with Gasteiger partial charge in [0.2, 0.25) is 0 Å². The van der Waals surface area contributed by atoms with Crippen LogP contribution in [-0.4, -0.2) is 40.6 Å². The molecule has 4 nitrogen and oxygen atoms in total. The summed E-state index contributed by atoms with van der Waals surface area (Å²) in [6, 6.07) is 10.5. The van der Waals surface area contributed by atoms with Gasteiger partial charge in [0.15, 0.2) is 0 Å². The molecule has 1 aliphatic rings. The number of ether oxygens (including phenoxy) is 1.